The maximum Gasteiger partial charge on any atom is 0.223 e. The largest absolute Gasteiger partial charge is 0.396 e. The summed E-state index contributed by atoms with van der Waals surface area (Å²) in [7, 11) is 0. The molecule has 1 aliphatic carbocycles. The Balaban J connectivity index is 1.79. The number of nitrogens with one attached hydrogen (secondary N) is 1. The van der Waals surface area contributed by atoms with Gasteiger partial charge in [-0.25, -0.2) is 0 Å². The molecule has 0 atom stereocenters. The lowest BCUT2D eigenvalue weighted by atomic mass is 9.74. The first-order chi connectivity index (χ1) is 8.76. The van der Waals surface area contributed by atoms with Crippen LogP contribution in [-0.2, 0) is 9.53 Å². The predicted octanol–water partition coefficient (Wildman–Crippen LogP) is 1.47. The first-order valence-corrected chi connectivity index (χ1v) is 7.22. The van der Waals surface area contributed by atoms with Gasteiger partial charge < -0.3 is 15.2 Å². The van der Waals surface area contributed by atoms with Crippen LogP contribution >= 0.6 is 0 Å². The Kier molecular flexibility index (Phi) is 5.01. The Bertz CT molecular complexity index is 268. The lowest BCUT2D eigenvalue weighted by Crippen LogP contribution is -2.44. The van der Waals surface area contributed by atoms with E-state index in [2.05, 4.69) is 5.32 Å². The molecule has 0 radical (unpaired) electrons. The molecule has 1 heterocycles. The highest BCUT2D eigenvalue weighted by atomic mass is 16.5. The van der Waals surface area contributed by atoms with Crippen LogP contribution in [0.5, 0.6) is 0 Å². The molecule has 1 aliphatic heterocycles. The number of aliphatic hydroxyl groups excluding tert-OH is 1. The molecule has 2 N–H and O–H groups in total. The Hall–Kier alpha value is -0.610. The molecule has 2 rings (SSSR count). The third kappa shape index (κ3) is 3.45. The monoisotopic (exact) mass is 255 g/mol. The van der Waals surface area contributed by atoms with E-state index >= 15 is 0 Å². The van der Waals surface area contributed by atoms with Crippen molar-refractivity contribution in [1.82, 2.24) is 5.32 Å². The van der Waals surface area contributed by atoms with E-state index in [4.69, 9.17) is 4.74 Å². The summed E-state index contributed by atoms with van der Waals surface area (Å²) in [6.45, 7) is 2.23. The minimum Gasteiger partial charge on any atom is -0.396 e. The number of amides is 1. The highest BCUT2D eigenvalue weighted by Crippen LogP contribution is 2.35. The second kappa shape index (κ2) is 6.53. The number of rotatable bonds is 4. The molecule has 104 valence electrons. The first kappa shape index (κ1) is 13.8. The summed E-state index contributed by atoms with van der Waals surface area (Å²) in [5.41, 5.74) is -0.0565. The van der Waals surface area contributed by atoms with Crippen LogP contribution in [0.4, 0.5) is 0 Å². The van der Waals surface area contributed by atoms with Crippen LogP contribution in [0.3, 0.4) is 0 Å². The van der Waals surface area contributed by atoms with Gasteiger partial charge in [0.1, 0.15) is 0 Å². The molecular weight excluding hydrogens is 230 g/mol. The van der Waals surface area contributed by atoms with Crippen molar-refractivity contribution in [2.75, 3.05) is 26.4 Å². The van der Waals surface area contributed by atoms with E-state index < -0.39 is 0 Å². The molecule has 0 aromatic rings. The van der Waals surface area contributed by atoms with Gasteiger partial charge in [-0.3, -0.25) is 4.79 Å². The summed E-state index contributed by atoms with van der Waals surface area (Å²) in [6, 6.07) is 0. The minimum absolute atomic E-state index is 0.0565. The molecule has 0 aromatic carbocycles. The summed E-state index contributed by atoms with van der Waals surface area (Å²) in [5, 5.41) is 12.7. The van der Waals surface area contributed by atoms with Crippen LogP contribution in [0.15, 0.2) is 0 Å². The Morgan fingerprint density at radius 2 is 1.89 bits per heavy atom. The Labute approximate surface area is 109 Å². The Morgan fingerprint density at radius 1 is 1.22 bits per heavy atom. The molecule has 2 aliphatic rings. The van der Waals surface area contributed by atoms with Crippen molar-refractivity contribution in [1.29, 1.82) is 0 Å². The highest BCUT2D eigenvalue weighted by molar-refractivity contribution is 5.78. The summed E-state index contributed by atoms with van der Waals surface area (Å²) in [4.78, 5) is 12.1. The SMILES string of the molecule is O=C(NCC1(CO)CCCCC1)C1CCOCC1. The molecule has 0 bridgehead atoms. The van der Waals surface area contributed by atoms with E-state index in [-0.39, 0.29) is 23.8 Å². The average Bonchev–Trinajstić information content (AvgIpc) is 2.47. The standard InChI is InChI=1S/C14H25NO3/c16-11-14(6-2-1-3-7-14)10-15-13(17)12-4-8-18-9-5-12/h12,16H,1-11H2,(H,15,17). The maximum absolute atomic E-state index is 12.1. The zero-order valence-electron chi connectivity index (χ0n) is 11.1. The van der Waals surface area contributed by atoms with Crippen molar-refractivity contribution in [3.05, 3.63) is 0 Å². The van der Waals surface area contributed by atoms with Gasteiger partial charge in [0.25, 0.3) is 0 Å². The van der Waals surface area contributed by atoms with Gasteiger partial charge in [-0.05, 0) is 25.7 Å². The molecule has 18 heavy (non-hydrogen) atoms. The molecule has 4 heteroatoms. The van der Waals surface area contributed by atoms with Crippen molar-refractivity contribution in [3.63, 3.8) is 0 Å². The smallest absolute Gasteiger partial charge is 0.223 e. The third-order valence-corrected chi connectivity index (χ3v) is 4.48. The van der Waals surface area contributed by atoms with Crippen molar-refractivity contribution in [2.24, 2.45) is 11.3 Å². The first-order valence-electron chi connectivity index (χ1n) is 7.22. The minimum atomic E-state index is -0.0565. The average molecular weight is 255 g/mol. The molecule has 0 aromatic heterocycles. The quantitative estimate of drug-likeness (QED) is 0.800. The Morgan fingerprint density at radius 3 is 2.50 bits per heavy atom. The van der Waals surface area contributed by atoms with Gasteiger partial charge >= 0.3 is 0 Å². The van der Waals surface area contributed by atoms with Gasteiger partial charge in [-0.15, -0.1) is 0 Å². The van der Waals surface area contributed by atoms with Crippen LogP contribution in [0.25, 0.3) is 0 Å². The molecule has 0 unspecified atom stereocenters. The summed E-state index contributed by atoms with van der Waals surface area (Å²) in [6.07, 6.45) is 7.35. The number of hydrogen-bond acceptors (Lipinski definition) is 3. The molecule has 1 saturated heterocycles. The molecule has 1 amide bonds. The van der Waals surface area contributed by atoms with Gasteiger partial charge in [0, 0.05) is 31.1 Å². The predicted molar refractivity (Wildman–Crippen MR) is 69.2 cm³/mol. The van der Waals surface area contributed by atoms with Crippen molar-refractivity contribution in [2.45, 2.75) is 44.9 Å². The summed E-state index contributed by atoms with van der Waals surface area (Å²) in [5.74, 6) is 0.259. The van der Waals surface area contributed by atoms with E-state index in [1.165, 1.54) is 19.3 Å². The number of ether oxygens (including phenoxy) is 1. The molecule has 1 saturated carbocycles. The highest BCUT2D eigenvalue weighted by Gasteiger charge is 2.32. The van der Waals surface area contributed by atoms with E-state index in [1.54, 1.807) is 0 Å². The van der Waals surface area contributed by atoms with Gasteiger partial charge in [-0.2, -0.15) is 0 Å². The summed E-state index contributed by atoms with van der Waals surface area (Å²) >= 11 is 0. The topological polar surface area (TPSA) is 58.6 Å². The zero-order chi connectivity index (χ0) is 12.8. The van der Waals surface area contributed by atoms with E-state index in [0.29, 0.717) is 19.8 Å². The second-order valence-electron chi connectivity index (χ2n) is 5.82. The molecule has 4 nitrogen and oxygen atoms in total. The number of aliphatic hydroxyl groups is 1. The van der Waals surface area contributed by atoms with Gasteiger partial charge in [0.2, 0.25) is 5.91 Å². The molecule has 0 spiro atoms. The fourth-order valence-corrected chi connectivity index (χ4v) is 3.07. The zero-order valence-corrected chi connectivity index (χ0v) is 11.1. The lowest BCUT2D eigenvalue weighted by Gasteiger charge is -2.36. The number of hydrogen-bond donors (Lipinski definition) is 2. The van der Waals surface area contributed by atoms with Crippen molar-refractivity contribution >= 4 is 5.91 Å². The van der Waals surface area contributed by atoms with Crippen molar-refractivity contribution in [3.8, 4) is 0 Å². The fraction of sp³-hybridized carbons (Fsp3) is 0.929. The number of carbonyl (C=O) groups excluding carboxylic acids is 1. The maximum atomic E-state index is 12.1. The molecule has 2 fully saturated rings. The third-order valence-electron chi connectivity index (χ3n) is 4.48. The van der Waals surface area contributed by atoms with Crippen LogP contribution < -0.4 is 5.32 Å². The van der Waals surface area contributed by atoms with Gasteiger partial charge in [-0.1, -0.05) is 19.3 Å². The fourth-order valence-electron chi connectivity index (χ4n) is 3.07. The van der Waals surface area contributed by atoms with Gasteiger partial charge in [0.05, 0.1) is 6.61 Å². The normalized spacial score (nSPS) is 24.7. The van der Waals surface area contributed by atoms with Crippen molar-refractivity contribution < 1.29 is 14.6 Å². The number of carbonyl (C=O) groups is 1. The second-order valence-corrected chi connectivity index (χ2v) is 5.82. The van der Waals surface area contributed by atoms with Crippen LogP contribution in [0.1, 0.15) is 44.9 Å². The van der Waals surface area contributed by atoms with Crippen LogP contribution in [0.2, 0.25) is 0 Å². The van der Waals surface area contributed by atoms with Crippen LogP contribution in [-0.4, -0.2) is 37.4 Å². The van der Waals surface area contributed by atoms with Gasteiger partial charge in [0.15, 0.2) is 0 Å². The summed E-state index contributed by atoms with van der Waals surface area (Å²) < 4.78 is 5.27. The van der Waals surface area contributed by atoms with E-state index in [9.17, 15) is 9.90 Å². The van der Waals surface area contributed by atoms with Crippen LogP contribution in [0, 0.1) is 11.3 Å². The molecular formula is C14H25NO3. The van der Waals surface area contributed by atoms with E-state index in [0.717, 1.165) is 25.7 Å². The lowest BCUT2D eigenvalue weighted by molar-refractivity contribution is -0.128. The van der Waals surface area contributed by atoms with E-state index in [1.807, 2.05) is 0 Å².